The van der Waals surface area contributed by atoms with Gasteiger partial charge in [0.25, 0.3) is 5.91 Å². The Kier molecular flexibility index (Phi) is 3.35. The Bertz CT molecular complexity index is 563. The average molecular weight is 276 g/mol. The van der Waals surface area contributed by atoms with Gasteiger partial charge < -0.3 is 14.8 Å². The lowest BCUT2D eigenvalue weighted by Crippen LogP contribution is -2.49. The van der Waals surface area contributed by atoms with Crippen molar-refractivity contribution in [1.29, 1.82) is 0 Å². The molecule has 19 heavy (non-hydrogen) atoms. The van der Waals surface area contributed by atoms with Crippen molar-refractivity contribution in [1.82, 2.24) is 19.8 Å². The molecule has 1 fully saturated rings. The number of thiophene rings is 1. The predicted molar refractivity (Wildman–Crippen MR) is 74.2 cm³/mol. The molecule has 1 atom stereocenters. The fourth-order valence-corrected chi connectivity index (χ4v) is 3.06. The van der Waals surface area contributed by atoms with Gasteiger partial charge in [-0.3, -0.25) is 4.79 Å². The first-order chi connectivity index (χ1) is 9.27. The minimum atomic E-state index is 0.00106. The third-order valence-electron chi connectivity index (χ3n) is 3.43. The largest absolute Gasteiger partial charge is 0.336 e. The number of carbonyl (C=O) groups excluding carboxylic acids is 1. The molecule has 6 heteroatoms. The minimum absolute atomic E-state index is 0.00106. The zero-order valence-electron chi connectivity index (χ0n) is 10.7. The Morgan fingerprint density at radius 1 is 1.58 bits per heavy atom. The maximum atomic E-state index is 12.5. The number of aromatic nitrogens is 2. The zero-order valence-corrected chi connectivity index (χ0v) is 11.6. The van der Waals surface area contributed by atoms with Crippen LogP contribution in [-0.4, -0.2) is 40.0 Å². The van der Waals surface area contributed by atoms with Gasteiger partial charge in [0, 0.05) is 44.5 Å². The van der Waals surface area contributed by atoms with Gasteiger partial charge in [0.1, 0.15) is 11.9 Å². The number of hydrogen-bond donors (Lipinski definition) is 1. The van der Waals surface area contributed by atoms with E-state index in [0.29, 0.717) is 6.54 Å². The summed E-state index contributed by atoms with van der Waals surface area (Å²) in [5, 5.41) is 7.17. The highest BCUT2D eigenvalue weighted by atomic mass is 32.1. The van der Waals surface area contributed by atoms with Crippen LogP contribution in [0.3, 0.4) is 0 Å². The molecule has 0 radical (unpaired) electrons. The quantitative estimate of drug-likeness (QED) is 0.898. The van der Waals surface area contributed by atoms with Gasteiger partial charge >= 0.3 is 0 Å². The number of nitrogens with one attached hydrogen (secondary N) is 1. The van der Waals surface area contributed by atoms with E-state index in [4.69, 9.17) is 0 Å². The Morgan fingerprint density at radius 2 is 2.47 bits per heavy atom. The summed E-state index contributed by atoms with van der Waals surface area (Å²) < 4.78 is 1.98. The highest BCUT2D eigenvalue weighted by molar-refractivity contribution is 7.08. The molecule has 1 N–H and O–H groups in total. The van der Waals surface area contributed by atoms with Crippen molar-refractivity contribution < 1.29 is 4.79 Å². The van der Waals surface area contributed by atoms with Crippen molar-refractivity contribution in [2.45, 2.75) is 6.04 Å². The van der Waals surface area contributed by atoms with Crippen molar-refractivity contribution >= 4 is 17.2 Å². The predicted octanol–water partition coefficient (Wildman–Crippen LogP) is 1.27. The van der Waals surface area contributed by atoms with Gasteiger partial charge in [0.2, 0.25) is 0 Å². The molecule has 5 nitrogen and oxygen atoms in total. The molecule has 2 aromatic heterocycles. The molecule has 1 saturated heterocycles. The summed E-state index contributed by atoms with van der Waals surface area (Å²) in [6, 6.07) is 1.88. The van der Waals surface area contributed by atoms with Gasteiger partial charge in [0.05, 0.1) is 5.56 Å². The number of rotatable bonds is 2. The molecule has 100 valence electrons. The maximum absolute atomic E-state index is 12.5. The topological polar surface area (TPSA) is 50.2 Å². The number of hydrogen-bond acceptors (Lipinski definition) is 4. The summed E-state index contributed by atoms with van der Waals surface area (Å²) in [7, 11) is 1.96. The van der Waals surface area contributed by atoms with Crippen LogP contribution in [-0.2, 0) is 7.05 Å². The standard InChI is InChI=1S/C13H16N4OS/c1-16-5-4-15-12(16)11-8-14-3-6-17(11)13(18)10-2-7-19-9-10/h2,4-5,7,9,11,14H,3,6,8H2,1H3. The van der Waals surface area contributed by atoms with E-state index in [1.54, 1.807) is 17.5 Å². The third kappa shape index (κ3) is 2.29. The second-order valence-electron chi connectivity index (χ2n) is 4.63. The van der Waals surface area contributed by atoms with E-state index in [9.17, 15) is 4.79 Å². The summed E-state index contributed by atoms with van der Waals surface area (Å²) in [6.07, 6.45) is 3.69. The van der Waals surface area contributed by atoms with Crippen LogP contribution < -0.4 is 5.32 Å². The van der Waals surface area contributed by atoms with E-state index < -0.39 is 0 Å². The molecular weight excluding hydrogens is 260 g/mol. The number of carbonyl (C=O) groups is 1. The van der Waals surface area contributed by atoms with Crippen molar-refractivity contribution in [3.05, 3.63) is 40.6 Å². The molecule has 1 aliphatic heterocycles. The van der Waals surface area contributed by atoms with Crippen LogP contribution >= 0.6 is 11.3 Å². The Hall–Kier alpha value is -1.66. The van der Waals surface area contributed by atoms with Crippen molar-refractivity contribution in [3.8, 4) is 0 Å². The van der Waals surface area contributed by atoms with E-state index in [0.717, 1.165) is 24.5 Å². The van der Waals surface area contributed by atoms with Gasteiger partial charge in [-0.15, -0.1) is 0 Å². The van der Waals surface area contributed by atoms with Crippen molar-refractivity contribution in [2.24, 2.45) is 7.05 Å². The lowest BCUT2D eigenvalue weighted by atomic mass is 10.1. The first kappa shape index (κ1) is 12.4. The summed E-state index contributed by atoms with van der Waals surface area (Å²) in [4.78, 5) is 18.8. The average Bonchev–Trinajstić information content (AvgIpc) is 3.09. The smallest absolute Gasteiger partial charge is 0.255 e. The monoisotopic (exact) mass is 276 g/mol. The normalized spacial score (nSPS) is 19.6. The lowest BCUT2D eigenvalue weighted by Gasteiger charge is -2.35. The second kappa shape index (κ2) is 5.14. The molecule has 1 unspecified atom stereocenters. The third-order valence-corrected chi connectivity index (χ3v) is 4.11. The SMILES string of the molecule is Cn1ccnc1C1CNCCN1C(=O)c1ccsc1. The van der Waals surface area contributed by atoms with E-state index in [1.165, 1.54) is 0 Å². The van der Waals surface area contributed by atoms with Gasteiger partial charge in [-0.1, -0.05) is 0 Å². The number of nitrogens with zero attached hydrogens (tertiary/aromatic N) is 3. The fourth-order valence-electron chi connectivity index (χ4n) is 2.43. The zero-order chi connectivity index (χ0) is 13.2. The molecule has 0 aliphatic carbocycles. The van der Waals surface area contributed by atoms with E-state index in [1.807, 2.05) is 39.5 Å². The molecular formula is C13H16N4OS. The van der Waals surface area contributed by atoms with Crippen LogP contribution in [0, 0.1) is 0 Å². The minimum Gasteiger partial charge on any atom is -0.336 e. The van der Waals surface area contributed by atoms with E-state index in [-0.39, 0.29) is 11.9 Å². The van der Waals surface area contributed by atoms with Crippen LogP contribution in [0.4, 0.5) is 0 Å². The Balaban J connectivity index is 1.90. The molecule has 0 bridgehead atoms. The Morgan fingerprint density at radius 3 is 3.16 bits per heavy atom. The molecule has 0 spiro atoms. The van der Waals surface area contributed by atoms with E-state index in [2.05, 4.69) is 10.3 Å². The summed E-state index contributed by atoms with van der Waals surface area (Å²) in [5.41, 5.74) is 0.770. The number of aryl methyl sites for hydroxylation is 1. The first-order valence-electron chi connectivity index (χ1n) is 6.28. The van der Waals surface area contributed by atoms with E-state index >= 15 is 0 Å². The summed E-state index contributed by atoms with van der Waals surface area (Å²) in [6.45, 7) is 2.30. The van der Waals surface area contributed by atoms with Crippen LogP contribution in [0.1, 0.15) is 22.2 Å². The number of amides is 1. The van der Waals surface area contributed by atoms with Gasteiger partial charge in [0.15, 0.2) is 0 Å². The molecule has 0 saturated carbocycles. The van der Waals surface area contributed by atoms with Crippen LogP contribution in [0.25, 0.3) is 0 Å². The Labute approximate surface area is 115 Å². The highest BCUT2D eigenvalue weighted by Crippen LogP contribution is 2.23. The first-order valence-corrected chi connectivity index (χ1v) is 7.23. The van der Waals surface area contributed by atoms with Gasteiger partial charge in [-0.25, -0.2) is 4.98 Å². The molecule has 1 amide bonds. The molecule has 3 heterocycles. The fraction of sp³-hybridized carbons (Fsp3) is 0.385. The van der Waals surface area contributed by atoms with Crippen LogP contribution in [0.2, 0.25) is 0 Å². The summed E-state index contributed by atoms with van der Waals surface area (Å²) >= 11 is 1.55. The van der Waals surface area contributed by atoms with Crippen LogP contribution in [0.5, 0.6) is 0 Å². The van der Waals surface area contributed by atoms with Gasteiger partial charge in [-0.2, -0.15) is 11.3 Å². The number of piperazine rings is 1. The van der Waals surface area contributed by atoms with Crippen molar-refractivity contribution in [2.75, 3.05) is 19.6 Å². The highest BCUT2D eigenvalue weighted by Gasteiger charge is 2.30. The lowest BCUT2D eigenvalue weighted by molar-refractivity contribution is 0.0621. The van der Waals surface area contributed by atoms with Crippen molar-refractivity contribution in [3.63, 3.8) is 0 Å². The molecule has 0 aromatic carbocycles. The molecule has 1 aliphatic rings. The van der Waals surface area contributed by atoms with Gasteiger partial charge in [-0.05, 0) is 11.4 Å². The molecule has 2 aromatic rings. The second-order valence-corrected chi connectivity index (χ2v) is 5.41. The van der Waals surface area contributed by atoms with Crippen LogP contribution in [0.15, 0.2) is 29.2 Å². The number of imidazole rings is 1. The maximum Gasteiger partial charge on any atom is 0.255 e. The summed E-state index contributed by atoms with van der Waals surface area (Å²) in [5.74, 6) is 1.02. The molecule has 3 rings (SSSR count).